The number of aryl methyl sites for hydroxylation is 1. The summed E-state index contributed by atoms with van der Waals surface area (Å²) in [7, 11) is 0. The van der Waals surface area contributed by atoms with E-state index >= 15 is 0 Å². The van der Waals surface area contributed by atoms with E-state index in [9.17, 15) is 0 Å². The number of halogens is 1. The molecule has 3 rings (SSSR count). The van der Waals surface area contributed by atoms with Crippen molar-refractivity contribution in [2.75, 3.05) is 18.0 Å². The Bertz CT molecular complexity index is 627. The molecule has 0 bridgehead atoms. The van der Waals surface area contributed by atoms with Crippen LogP contribution in [0.4, 0.5) is 11.6 Å². The molecule has 0 radical (unpaired) electrons. The van der Waals surface area contributed by atoms with Gasteiger partial charge >= 0.3 is 0 Å². The summed E-state index contributed by atoms with van der Waals surface area (Å²) in [5, 5.41) is 0. The zero-order valence-electron chi connectivity index (χ0n) is 11.5. The normalized spacial score (nSPS) is 15.4. The Morgan fingerprint density at radius 1 is 1.20 bits per heavy atom. The van der Waals surface area contributed by atoms with Crippen molar-refractivity contribution in [1.29, 1.82) is 0 Å². The fourth-order valence-electron chi connectivity index (χ4n) is 2.37. The van der Waals surface area contributed by atoms with E-state index in [1.165, 1.54) is 18.4 Å². The first-order valence-corrected chi connectivity index (χ1v) is 7.67. The number of aliphatic imine (C=N–C) groups is 1. The lowest BCUT2D eigenvalue weighted by Gasteiger charge is -2.12. The number of anilines is 1. The first kappa shape index (κ1) is 13.4. The van der Waals surface area contributed by atoms with E-state index in [0.29, 0.717) is 0 Å². The van der Waals surface area contributed by atoms with Gasteiger partial charge in [-0.05, 0) is 59.5 Å². The van der Waals surface area contributed by atoms with Crippen LogP contribution in [0.1, 0.15) is 24.2 Å². The van der Waals surface area contributed by atoms with Crippen LogP contribution in [0.5, 0.6) is 0 Å². The highest BCUT2D eigenvalue weighted by molar-refractivity contribution is 9.10. The highest BCUT2D eigenvalue weighted by Crippen LogP contribution is 2.27. The van der Waals surface area contributed by atoms with Crippen molar-refractivity contribution < 1.29 is 4.42 Å². The number of hydrogen-bond acceptors (Lipinski definition) is 3. The fourth-order valence-corrected chi connectivity index (χ4v) is 2.96. The summed E-state index contributed by atoms with van der Waals surface area (Å²) in [5.74, 6) is 1.74. The smallest absolute Gasteiger partial charge is 0.196 e. The number of nitrogens with zero attached hydrogens (tertiary/aromatic N) is 2. The van der Waals surface area contributed by atoms with Crippen molar-refractivity contribution in [1.82, 2.24) is 0 Å². The van der Waals surface area contributed by atoms with Gasteiger partial charge in [-0.25, -0.2) is 0 Å². The molecule has 0 atom stereocenters. The second-order valence-corrected chi connectivity index (χ2v) is 5.94. The predicted molar refractivity (Wildman–Crippen MR) is 86.3 cm³/mol. The summed E-state index contributed by atoms with van der Waals surface area (Å²) >= 11 is 3.53. The van der Waals surface area contributed by atoms with Crippen LogP contribution >= 0.6 is 15.9 Å². The zero-order valence-corrected chi connectivity index (χ0v) is 13.1. The molecule has 0 saturated carbocycles. The molecule has 0 amide bonds. The maximum atomic E-state index is 5.81. The van der Waals surface area contributed by atoms with Gasteiger partial charge in [0.1, 0.15) is 5.76 Å². The van der Waals surface area contributed by atoms with Crippen molar-refractivity contribution in [3.63, 3.8) is 0 Å². The molecule has 4 heteroatoms. The number of hydrogen-bond donors (Lipinski definition) is 0. The molecule has 1 aromatic heterocycles. The van der Waals surface area contributed by atoms with Crippen LogP contribution in [0.2, 0.25) is 0 Å². The summed E-state index contributed by atoms with van der Waals surface area (Å²) in [6.45, 7) is 4.24. The molecule has 1 aliphatic rings. The Kier molecular flexibility index (Phi) is 3.92. The third-order valence-corrected chi connectivity index (χ3v) is 4.10. The Labute approximate surface area is 127 Å². The van der Waals surface area contributed by atoms with Gasteiger partial charge in [0.25, 0.3) is 0 Å². The fraction of sp³-hybridized carbons (Fsp3) is 0.312. The molecular formula is C16H17BrN2O. The van der Waals surface area contributed by atoms with Gasteiger partial charge in [-0.1, -0.05) is 6.07 Å². The maximum Gasteiger partial charge on any atom is 0.196 e. The van der Waals surface area contributed by atoms with E-state index in [1.807, 2.05) is 18.2 Å². The minimum atomic E-state index is 0.791. The molecule has 2 heterocycles. The monoisotopic (exact) mass is 332 g/mol. The van der Waals surface area contributed by atoms with Crippen molar-refractivity contribution in [2.45, 2.75) is 19.8 Å². The van der Waals surface area contributed by atoms with E-state index in [0.717, 1.165) is 34.9 Å². The second-order valence-electron chi connectivity index (χ2n) is 5.08. The summed E-state index contributed by atoms with van der Waals surface area (Å²) < 4.78 is 6.81. The first-order chi connectivity index (χ1) is 9.72. The van der Waals surface area contributed by atoms with Gasteiger partial charge in [0.2, 0.25) is 0 Å². The van der Waals surface area contributed by atoms with Crippen molar-refractivity contribution in [3.05, 3.63) is 46.1 Å². The SMILES string of the molecule is Cc1ccc(N=Cc2ccc(N3CCCC3)o2)c(Br)c1. The third kappa shape index (κ3) is 2.96. The zero-order chi connectivity index (χ0) is 13.9. The average Bonchev–Trinajstić information content (AvgIpc) is 3.08. The standard InChI is InChI=1S/C16H17BrN2O/c1-12-4-6-15(14(17)10-12)18-11-13-5-7-16(20-13)19-8-2-3-9-19/h4-7,10-11H,2-3,8-9H2,1H3. The molecule has 1 aromatic carbocycles. The van der Waals surface area contributed by atoms with Crippen LogP contribution in [0.3, 0.4) is 0 Å². The minimum Gasteiger partial charge on any atom is -0.440 e. The minimum absolute atomic E-state index is 0.791. The maximum absolute atomic E-state index is 5.81. The van der Waals surface area contributed by atoms with Crippen molar-refractivity contribution >= 4 is 33.7 Å². The molecule has 0 spiro atoms. The van der Waals surface area contributed by atoms with Crippen molar-refractivity contribution in [3.8, 4) is 0 Å². The van der Waals surface area contributed by atoms with Gasteiger partial charge in [-0.3, -0.25) is 4.99 Å². The summed E-state index contributed by atoms with van der Waals surface area (Å²) in [5.41, 5.74) is 2.12. The molecule has 104 valence electrons. The van der Waals surface area contributed by atoms with Crippen LogP contribution in [-0.4, -0.2) is 19.3 Å². The number of furan rings is 1. The molecule has 1 saturated heterocycles. The summed E-state index contributed by atoms with van der Waals surface area (Å²) in [4.78, 5) is 6.75. The van der Waals surface area contributed by atoms with Gasteiger partial charge in [0.15, 0.2) is 5.88 Å². The van der Waals surface area contributed by atoms with Gasteiger partial charge in [-0.15, -0.1) is 0 Å². The first-order valence-electron chi connectivity index (χ1n) is 6.87. The molecule has 2 aromatic rings. The molecular weight excluding hydrogens is 316 g/mol. The van der Waals surface area contributed by atoms with Crippen LogP contribution in [0.25, 0.3) is 0 Å². The predicted octanol–water partition coefficient (Wildman–Crippen LogP) is 4.70. The Morgan fingerprint density at radius 3 is 2.75 bits per heavy atom. The van der Waals surface area contributed by atoms with Gasteiger partial charge in [0.05, 0.1) is 11.9 Å². The number of rotatable bonds is 3. The van der Waals surface area contributed by atoms with Gasteiger partial charge in [0, 0.05) is 23.6 Å². The van der Waals surface area contributed by atoms with E-state index in [2.05, 4.69) is 44.9 Å². The molecule has 3 nitrogen and oxygen atoms in total. The van der Waals surface area contributed by atoms with Crippen molar-refractivity contribution in [2.24, 2.45) is 4.99 Å². The van der Waals surface area contributed by atoms with E-state index in [1.54, 1.807) is 6.21 Å². The highest BCUT2D eigenvalue weighted by atomic mass is 79.9. The Morgan fingerprint density at radius 2 is 2.00 bits per heavy atom. The molecule has 20 heavy (non-hydrogen) atoms. The molecule has 1 aliphatic heterocycles. The lowest BCUT2D eigenvalue weighted by molar-refractivity contribution is 0.550. The Hall–Kier alpha value is -1.55. The van der Waals surface area contributed by atoms with E-state index < -0.39 is 0 Å². The van der Waals surface area contributed by atoms with Gasteiger partial charge < -0.3 is 9.32 Å². The summed E-state index contributed by atoms with van der Waals surface area (Å²) in [6, 6.07) is 10.1. The largest absolute Gasteiger partial charge is 0.440 e. The topological polar surface area (TPSA) is 28.7 Å². The lowest BCUT2D eigenvalue weighted by atomic mass is 10.2. The highest BCUT2D eigenvalue weighted by Gasteiger charge is 2.15. The molecule has 1 fully saturated rings. The summed E-state index contributed by atoms with van der Waals surface area (Å²) in [6.07, 6.45) is 4.27. The van der Waals surface area contributed by atoms with Gasteiger partial charge in [-0.2, -0.15) is 0 Å². The molecule has 0 N–H and O–H groups in total. The van der Waals surface area contributed by atoms with Crippen LogP contribution in [0, 0.1) is 6.92 Å². The van der Waals surface area contributed by atoms with Crippen LogP contribution in [-0.2, 0) is 0 Å². The Balaban J connectivity index is 1.75. The van der Waals surface area contributed by atoms with Crippen LogP contribution < -0.4 is 4.90 Å². The van der Waals surface area contributed by atoms with E-state index in [-0.39, 0.29) is 0 Å². The molecule has 0 unspecified atom stereocenters. The second kappa shape index (κ2) is 5.83. The lowest BCUT2D eigenvalue weighted by Crippen LogP contribution is -2.16. The third-order valence-electron chi connectivity index (χ3n) is 3.46. The van der Waals surface area contributed by atoms with Crippen LogP contribution in [0.15, 0.2) is 44.2 Å². The van der Waals surface area contributed by atoms with E-state index in [4.69, 9.17) is 4.42 Å². The molecule has 0 aliphatic carbocycles. The quantitative estimate of drug-likeness (QED) is 0.762. The average molecular weight is 333 g/mol. The number of benzene rings is 1.